The average molecular weight is 378 g/mol. The number of hydrogen-bond donors (Lipinski definition) is 1. The van der Waals surface area contributed by atoms with Crippen molar-refractivity contribution < 1.29 is 19.0 Å². The summed E-state index contributed by atoms with van der Waals surface area (Å²) in [7, 11) is 0. The highest BCUT2D eigenvalue weighted by Gasteiger charge is 2.13. The van der Waals surface area contributed by atoms with Gasteiger partial charge in [-0.25, -0.2) is 0 Å². The lowest BCUT2D eigenvalue weighted by Gasteiger charge is -2.09. The first-order chi connectivity index (χ1) is 11.1. The van der Waals surface area contributed by atoms with Crippen molar-refractivity contribution in [3.63, 3.8) is 0 Å². The molecule has 0 bridgehead atoms. The highest BCUT2D eigenvalue weighted by Crippen LogP contribution is 2.32. The first kappa shape index (κ1) is 15.7. The number of amides is 1. The van der Waals surface area contributed by atoms with Crippen molar-refractivity contribution >= 4 is 21.8 Å². The number of nitrogens with one attached hydrogen (secondary N) is 1. The SMILES string of the molecule is Cc1cc(OCC(=O)NCc2ccc3c(c2)OCO3)ccc1Br. The van der Waals surface area contributed by atoms with Crippen LogP contribution in [0.2, 0.25) is 0 Å². The molecule has 0 saturated heterocycles. The van der Waals surface area contributed by atoms with Crippen LogP contribution in [0, 0.1) is 6.92 Å². The van der Waals surface area contributed by atoms with Gasteiger partial charge < -0.3 is 19.5 Å². The summed E-state index contributed by atoms with van der Waals surface area (Å²) in [4.78, 5) is 11.9. The maximum atomic E-state index is 11.9. The quantitative estimate of drug-likeness (QED) is 0.869. The van der Waals surface area contributed by atoms with Crippen LogP contribution in [-0.2, 0) is 11.3 Å². The molecule has 0 atom stereocenters. The second-order valence-electron chi connectivity index (χ2n) is 5.16. The fraction of sp³-hybridized carbons (Fsp3) is 0.235. The lowest BCUT2D eigenvalue weighted by atomic mass is 10.2. The number of aryl methyl sites for hydroxylation is 1. The van der Waals surface area contributed by atoms with E-state index in [2.05, 4.69) is 21.2 Å². The molecule has 1 amide bonds. The van der Waals surface area contributed by atoms with Crippen LogP contribution in [0.15, 0.2) is 40.9 Å². The standard InChI is InChI=1S/C17H16BrNO4/c1-11-6-13(3-4-14(11)18)21-9-17(20)19-8-12-2-5-15-16(7-12)23-10-22-15/h2-7H,8-10H2,1H3,(H,19,20). The third-order valence-electron chi connectivity index (χ3n) is 3.43. The highest BCUT2D eigenvalue weighted by atomic mass is 79.9. The molecule has 6 heteroatoms. The summed E-state index contributed by atoms with van der Waals surface area (Å²) in [5.74, 6) is 1.93. The summed E-state index contributed by atoms with van der Waals surface area (Å²) in [5, 5.41) is 2.82. The van der Waals surface area contributed by atoms with E-state index in [0.717, 1.165) is 21.3 Å². The second kappa shape index (κ2) is 6.91. The van der Waals surface area contributed by atoms with Crippen molar-refractivity contribution in [3.8, 4) is 17.2 Å². The van der Waals surface area contributed by atoms with E-state index in [-0.39, 0.29) is 19.3 Å². The van der Waals surface area contributed by atoms with Gasteiger partial charge in [0.15, 0.2) is 18.1 Å². The Bertz CT molecular complexity index is 733. The van der Waals surface area contributed by atoms with Gasteiger partial charge in [0.2, 0.25) is 6.79 Å². The van der Waals surface area contributed by atoms with E-state index in [1.807, 2.05) is 43.3 Å². The molecule has 0 aliphatic carbocycles. The molecule has 1 N–H and O–H groups in total. The molecule has 0 spiro atoms. The Morgan fingerprint density at radius 2 is 2.04 bits per heavy atom. The lowest BCUT2D eigenvalue weighted by molar-refractivity contribution is -0.123. The smallest absolute Gasteiger partial charge is 0.258 e. The predicted octanol–water partition coefficient (Wildman–Crippen LogP) is 3.18. The Kier molecular flexibility index (Phi) is 4.71. The minimum atomic E-state index is -0.178. The van der Waals surface area contributed by atoms with Crippen molar-refractivity contribution in [2.24, 2.45) is 0 Å². The summed E-state index contributed by atoms with van der Waals surface area (Å²) < 4.78 is 17.1. The van der Waals surface area contributed by atoms with Crippen LogP contribution in [0.3, 0.4) is 0 Å². The van der Waals surface area contributed by atoms with E-state index < -0.39 is 0 Å². The van der Waals surface area contributed by atoms with Gasteiger partial charge in [-0.05, 0) is 48.4 Å². The first-order valence-electron chi connectivity index (χ1n) is 7.16. The van der Waals surface area contributed by atoms with Gasteiger partial charge >= 0.3 is 0 Å². The average Bonchev–Trinajstić information content (AvgIpc) is 3.01. The van der Waals surface area contributed by atoms with E-state index in [4.69, 9.17) is 14.2 Å². The van der Waals surface area contributed by atoms with Crippen LogP contribution >= 0.6 is 15.9 Å². The van der Waals surface area contributed by atoms with Gasteiger partial charge in [0.25, 0.3) is 5.91 Å². The molecule has 0 fully saturated rings. The fourth-order valence-corrected chi connectivity index (χ4v) is 2.41. The Labute approximate surface area is 142 Å². The third-order valence-corrected chi connectivity index (χ3v) is 4.32. The van der Waals surface area contributed by atoms with Gasteiger partial charge in [-0.3, -0.25) is 4.79 Å². The number of hydrogen-bond acceptors (Lipinski definition) is 4. The topological polar surface area (TPSA) is 56.8 Å². The van der Waals surface area contributed by atoms with Crippen LogP contribution in [-0.4, -0.2) is 19.3 Å². The third kappa shape index (κ3) is 3.96. The van der Waals surface area contributed by atoms with Crippen molar-refractivity contribution in [1.82, 2.24) is 5.32 Å². The molecule has 1 heterocycles. The summed E-state index contributed by atoms with van der Waals surface area (Å²) in [6.45, 7) is 2.60. The van der Waals surface area contributed by atoms with Gasteiger partial charge in [0.1, 0.15) is 5.75 Å². The number of ether oxygens (including phenoxy) is 3. The molecule has 1 aliphatic rings. The number of fused-ring (bicyclic) bond motifs is 1. The summed E-state index contributed by atoms with van der Waals surface area (Å²) in [6, 6.07) is 11.2. The molecule has 5 nitrogen and oxygen atoms in total. The first-order valence-corrected chi connectivity index (χ1v) is 7.95. The van der Waals surface area contributed by atoms with Crippen LogP contribution in [0.5, 0.6) is 17.2 Å². The molecule has 0 unspecified atom stereocenters. The van der Waals surface area contributed by atoms with E-state index in [1.165, 1.54) is 0 Å². The van der Waals surface area contributed by atoms with Crippen molar-refractivity contribution in [3.05, 3.63) is 52.0 Å². The van der Waals surface area contributed by atoms with Crippen molar-refractivity contribution in [2.45, 2.75) is 13.5 Å². The minimum Gasteiger partial charge on any atom is -0.484 e. The van der Waals surface area contributed by atoms with Gasteiger partial charge in [-0.1, -0.05) is 22.0 Å². The van der Waals surface area contributed by atoms with Crippen LogP contribution in [0.25, 0.3) is 0 Å². The zero-order chi connectivity index (χ0) is 16.2. The summed E-state index contributed by atoms with van der Waals surface area (Å²) >= 11 is 3.43. The second-order valence-corrected chi connectivity index (χ2v) is 6.02. The number of carbonyl (C=O) groups is 1. The van der Waals surface area contributed by atoms with Crippen molar-refractivity contribution in [1.29, 1.82) is 0 Å². The van der Waals surface area contributed by atoms with Crippen molar-refractivity contribution in [2.75, 3.05) is 13.4 Å². The van der Waals surface area contributed by atoms with Crippen LogP contribution < -0.4 is 19.5 Å². The normalized spacial score (nSPS) is 12.1. The molecule has 3 rings (SSSR count). The Morgan fingerprint density at radius 1 is 1.22 bits per heavy atom. The largest absolute Gasteiger partial charge is 0.484 e. The van der Waals surface area contributed by atoms with E-state index >= 15 is 0 Å². The molecule has 23 heavy (non-hydrogen) atoms. The molecular weight excluding hydrogens is 362 g/mol. The van der Waals surface area contributed by atoms with E-state index in [0.29, 0.717) is 18.0 Å². The number of rotatable bonds is 5. The Balaban J connectivity index is 1.48. The van der Waals surface area contributed by atoms with Gasteiger partial charge in [-0.2, -0.15) is 0 Å². The summed E-state index contributed by atoms with van der Waals surface area (Å²) in [6.07, 6.45) is 0. The fourth-order valence-electron chi connectivity index (χ4n) is 2.16. The molecule has 1 aliphatic heterocycles. The lowest BCUT2D eigenvalue weighted by Crippen LogP contribution is -2.28. The molecule has 2 aromatic rings. The molecule has 0 radical (unpaired) electrons. The monoisotopic (exact) mass is 377 g/mol. The van der Waals surface area contributed by atoms with E-state index in [9.17, 15) is 4.79 Å². The molecule has 0 aromatic heterocycles. The summed E-state index contributed by atoms with van der Waals surface area (Å²) in [5.41, 5.74) is 2.00. The number of benzene rings is 2. The van der Waals surface area contributed by atoms with Crippen LogP contribution in [0.4, 0.5) is 0 Å². The zero-order valence-corrected chi connectivity index (χ0v) is 14.2. The minimum absolute atomic E-state index is 0.0222. The van der Waals surface area contributed by atoms with E-state index in [1.54, 1.807) is 0 Å². The highest BCUT2D eigenvalue weighted by molar-refractivity contribution is 9.10. The maximum Gasteiger partial charge on any atom is 0.258 e. The van der Waals surface area contributed by atoms with Gasteiger partial charge in [0, 0.05) is 11.0 Å². The molecular formula is C17H16BrNO4. The molecule has 0 saturated carbocycles. The number of halogens is 1. The van der Waals surface area contributed by atoms with Gasteiger partial charge in [-0.15, -0.1) is 0 Å². The van der Waals surface area contributed by atoms with Crippen LogP contribution in [0.1, 0.15) is 11.1 Å². The number of carbonyl (C=O) groups excluding carboxylic acids is 1. The zero-order valence-electron chi connectivity index (χ0n) is 12.6. The molecule has 120 valence electrons. The molecule has 2 aromatic carbocycles. The maximum absolute atomic E-state index is 11.9. The predicted molar refractivity (Wildman–Crippen MR) is 88.8 cm³/mol. The van der Waals surface area contributed by atoms with Gasteiger partial charge in [0.05, 0.1) is 0 Å². The Hall–Kier alpha value is -2.21. The Morgan fingerprint density at radius 3 is 2.87 bits per heavy atom.